The summed E-state index contributed by atoms with van der Waals surface area (Å²) < 4.78 is 0. The van der Waals surface area contributed by atoms with Crippen LogP contribution in [0.25, 0.3) is 0 Å². The van der Waals surface area contributed by atoms with Gasteiger partial charge in [0.05, 0.1) is 0 Å². The Morgan fingerprint density at radius 2 is 2.22 bits per heavy atom. The molecule has 1 aliphatic carbocycles. The Morgan fingerprint density at radius 1 is 1.39 bits per heavy atom. The second kappa shape index (κ2) is 6.19. The fourth-order valence-corrected chi connectivity index (χ4v) is 2.68. The SMILES string of the molecule is CC(C)c1c(Cl)ncnc1NCCC1=CCCC1. The third kappa shape index (κ3) is 3.22. The monoisotopic (exact) mass is 265 g/mol. The lowest BCUT2D eigenvalue weighted by atomic mass is 10.1. The van der Waals surface area contributed by atoms with Crippen LogP contribution in [-0.4, -0.2) is 16.5 Å². The number of halogens is 1. The molecule has 2 rings (SSSR count). The Morgan fingerprint density at radius 3 is 2.89 bits per heavy atom. The zero-order valence-corrected chi connectivity index (χ0v) is 11.8. The fraction of sp³-hybridized carbons (Fsp3) is 0.571. The summed E-state index contributed by atoms with van der Waals surface area (Å²) in [6.45, 7) is 5.13. The summed E-state index contributed by atoms with van der Waals surface area (Å²) in [4.78, 5) is 8.35. The van der Waals surface area contributed by atoms with Gasteiger partial charge in [0.1, 0.15) is 17.3 Å². The van der Waals surface area contributed by atoms with Crippen LogP contribution >= 0.6 is 11.6 Å². The van der Waals surface area contributed by atoms with Gasteiger partial charge in [-0.2, -0.15) is 0 Å². The van der Waals surface area contributed by atoms with Crippen LogP contribution in [0.2, 0.25) is 5.15 Å². The Bertz CT molecular complexity index is 441. The molecule has 0 amide bonds. The number of rotatable bonds is 5. The summed E-state index contributed by atoms with van der Waals surface area (Å²) in [5.41, 5.74) is 2.58. The highest BCUT2D eigenvalue weighted by Crippen LogP contribution is 2.28. The maximum Gasteiger partial charge on any atom is 0.138 e. The Hall–Kier alpha value is -1.09. The van der Waals surface area contributed by atoms with Crippen molar-refractivity contribution in [2.75, 3.05) is 11.9 Å². The molecule has 1 N–H and O–H groups in total. The van der Waals surface area contributed by atoms with Crippen molar-refractivity contribution >= 4 is 17.4 Å². The minimum atomic E-state index is 0.326. The highest BCUT2D eigenvalue weighted by Gasteiger charge is 2.13. The zero-order chi connectivity index (χ0) is 13.0. The minimum Gasteiger partial charge on any atom is -0.369 e. The molecule has 0 aromatic carbocycles. The standard InChI is InChI=1S/C14H20ClN3/c1-10(2)12-13(15)17-9-18-14(12)16-8-7-11-5-3-4-6-11/h5,9-10H,3-4,6-8H2,1-2H3,(H,16,17,18). The molecule has 0 spiro atoms. The maximum absolute atomic E-state index is 6.13. The van der Waals surface area contributed by atoms with Crippen LogP contribution in [0.4, 0.5) is 5.82 Å². The first-order valence-corrected chi connectivity index (χ1v) is 6.98. The van der Waals surface area contributed by atoms with E-state index in [4.69, 9.17) is 11.6 Å². The molecular weight excluding hydrogens is 246 g/mol. The van der Waals surface area contributed by atoms with Crippen LogP contribution < -0.4 is 5.32 Å². The van der Waals surface area contributed by atoms with Gasteiger partial charge in [-0.3, -0.25) is 0 Å². The molecular formula is C14H20ClN3. The normalized spacial score (nSPS) is 15.0. The van der Waals surface area contributed by atoms with Gasteiger partial charge in [0, 0.05) is 12.1 Å². The highest BCUT2D eigenvalue weighted by atomic mass is 35.5. The average Bonchev–Trinajstić information content (AvgIpc) is 2.81. The van der Waals surface area contributed by atoms with Crippen LogP contribution in [0, 0.1) is 0 Å². The molecule has 0 aliphatic heterocycles. The number of allylic oxidation sites excluding steroid dienone is 1. The van der Waals surface area contributed by atoms with Gasteiger partial charge in [0.15, 0.2) is 0 Å². The molecule has 3 nitrogen and oxygen atoms in total. The first-order valence-electron chi connectivity index (χ1n) is 6.60. The van der Waals surface area contributed by atoms with E-state index in [2.05, 4.69) is 35.2 Å². The van der Waals surface area contributed by atoms with Gasteiger partial charge in [0.25, 0.3) is 0 Å². The van der Waals surface area contributed by atoms with E-state index in [9.17, 15) is 0 Å². The maximum atomic E-state index is 6.13. The lowest BCUT2D eigenvalue weighted by Gasteiger charge is -2.14. The molecule has 1 aromatic rings. The van der Waals surface area contributed by atoms with E-state index in [1.54, 1.807) is 5.57 Å². The smallest absolute Gasteiger partial charge is 0.138 e. The van der Waals surface area contributed by atoms with Crippen molar-refractivity contribution in [1.29, 1.82) is 0 Å². The quantitative estimate of drug-likeness (QED) is 0.641. The predicted octanol–water partition coefficient (Wildman–Crippen LogP) is 4.17. The van der Waals surface area contributed by atoms with Crippen LogP contribution in [0.1, 0.15) is 51.0 Å². The van der Waals surface area contributed by atoms with Crippen molar-refractivity contribution in [3.05, 3.63) is 28.7 Å². The van der Waals surface area contributed by atoms with Crippen molar-refractivity contribution in [2.24, 2.45) is 0 Å². The van der Waals surface area contributed by atoms with Gasteiger partial charge in [-0.05, 0) is 31.6 Å². The summed E-state index contributed by atoms with van der Waals surface area (Å²) in [7, 11) is 0. The van der Waals surface area contributed by atoms with E-state index < -0.39 is 0 Å². The largest absolute Gasteiger partial charge is 0.369 e. The van der Waals surface area contributed by atoms with Crippen LogP contribution in [-0.2, 0) is 0 Å². The van der Waals surface area contributed by atoms with Crippen molar-refractivity contribution in [2.45, 2.75) is 45.4 Å². The highest BCUT2D eigenvalue weighted by molar-refractivity contribution is 6.30. The second-order valence-electron chi connectivity index (χ2n) is 5.01. The number of anilines is 1. The van der Waals surface area contributed by atoms with Crippen molar-refractivity contribution in [3.8, 4) is 0 Å². The molecule has 0 atom stereocenters. The topological polar surface area (TPSA) is 37.8 Å². The Labute approximate surface area is 114 Å². The molecule has 1 aromatic heterocycles. The molecule has 0 bridgehead atoms. The summed E-state index contributed by atoms with van der Waals surface area (Å²) in [5.74, 6) is 1.20. The summed E-state index contributed by atoms with van der Waals surface area (Å²) in [6.07, 6.45) is 8.78. The van der Waals surface area contributed by atoms with Gasteiger partial charge in [-0.25, -0.2) is 9.97 Å². The van der Waals surface area contributed by atoms with Gasteiger partial charge >= 0.3 is 0 Å². The van der Waals surface area contributed by atoms with Gasteiger partial charge in [-0.15, -0.1) is 0 Å². The number of hydrogen-bond acceptors (Lipinski definition) is 3. The molecule has 0 unspecified atom stereocenters. The summed E-state index contributed by atoms with van der Waals surface area (Å²) in [5, 5.41) is 3.94. The molecule has 0 saturated heterocycles. The van der Waals surface area contributed by atoms with Crippen molar-refractivity contribution in [3.63, 3.8) is 0 Å². The van der Waals surface area contributed by atoms with Crippen molar-refractivity contribution < 1.29 is 0 Å². The van der Waals surface area contributed by atoms with Crippen LogP contribution in [0.5, 0.6) is 0 Å². The van der Waals surface area contributed by atoms with Crippen LogP contribution in [0.3, 0.4) is 0 Å². The number of aromatic nitrogens is 2. The minimum absolute atomic E-state index is 0.326. The first-order chi connectivity index (χ1) is 8.68. The molecule has 0 radical (unpaired) electrons. The molecule has 0 saturated carbocycles. The van der Waals surface area contributed by atoms with Gasteiger partial charge in [-0.1, -0.05) is 37.1 Å². The lowest BCUT2D eigenvalue weighted by molar-refractivity contribution is 0.834. The molecule has 1 heterocycles. The predicted molar refractivity (Wildman–Crippen MR) is 76.2 cm³/mol. The molecule has 4 heteroatoms. The first kappa shape index (κ1) is 13.3. The number of nitrogens with one attached hydrogen (secondary N) is 1. The Kier molecular flexibility index (Phi) is 4.59. The third-order valence-corrected chi connectivity index (χ3v) is 3.59. The van der Waals surface area contributed by atoms with E-state index in [-0.39, 0.29) is 0 Å². The van der Waals surface area contributed by atoms with E-state index in [0.29, 0.717) is 11.1 Å². The van der Waals surface area contributed by atoms with E-state index >= 15 is 0 Å². The Balaban J connectivity index is 1.98. The molecule has 0 fully saturated rings. The number of nitrogens with zero attached hydrogens (tertiary/aromatic N) is 2. The van der Waals surface area contributed by atoms with Crippen molar-refractivity contribution in [1.82, 2.24) is 9.97 Å². The van der Waals surface area contributed by atoms with Gasteiger partial charge < -0.3 is 5.32 Å². The molecule has 18 heavy (non-hydrogen) atoms. The third-order valence-electron chi connectivity index (χ3n) is 3.29. The number of hydrogen-bond donors (Lipinski definition) is 1. The van der Waals surface area contributed by atoms with E-state index in [0.717, 1.165) is 24.3 Å². The molecule has 98 valence electrons. The zero-order valence-electron chi connectivity index (χ0n) is 11.0. The molecule has 1 aliphatic rings. The lowest BCUT2D eigenvalue weighted by Crippen LogP contribution is -2.08. The van der Waals surface area contributed by atoms with E-state index in [1.165, 1.54) is 25.6 Å². The van der Waals surface area contributed by atoms with Crippen LogP contribution in [0.15, 0.2) is 18.0 Å². The van der Waals surface area contributed by atoms with E-state index in [1.807, 2.05) is 0 Å². The second-order valence-corrected chi connectivity index (χ2v) is 5.37. The summed E-state index contributed by atoms with van der Waals surface area (Å²) >= 11 is 6.13. The van der Waals surface area contributed by atoms with Gasteiger partial charge in [0.2, 0.25) is 0 Å². The average molecular weight is 266 g/mol. The summed E-state index contributed by atoms with van der Waals surface area (Å²) in [6, 6.07) is 0. The fourth-order valence-electron chi connectivity index (χ4n) is 2.33.